The molecule has 0 aliphatic heterocycles. The topological polar surface area (TPSA) is 55.7 Å². The van der Waals surface area contributed by atoms with E-state index in [1.54, 1.807) is 6.21 Å². The Bertz CT molecular complexity index is 977. The lowest BCUT2D eigenvalue weighted by Gasteiger charge is -2.11. The third kappa shape index (κ3) is 6.19. The highest BCUT2D eigenvalue weighted by Gasteiger charge is 2.06. The van der Waals surface area contributed by atoms with E-state index in [2.05, 4.69) is 15.5 Å². The Balaban J connectivity index is 1.65. The quantitative estimate of drug-likeness (QED) is 0.268. The van der Waals surface area contributed by atoms with Gasteiger partial charge in [-0.05, 0) is 50.6 Å². The second-order valence-corrected chi connectivity index (χ2v) is 7.36. The van der Waals surface area contributed by atoms with Crippen molar-refractivity contribution in [2.45, 2.75) is 20.8 Å². The number of ether oxygens (including phenoxy) is 2. The van der Waals surface area contributed by atoms with E-state index in [9.17, 15) is 0 Å². The first-order valence-electron chi connectivity index (χ1n) is 9.48. The Morgan fingerprint density at radius 2 is 1.93 bits per heavy atom. The zero-order valence-corrected chi connectivity index (χ0v) is 17.7. The molecule has 0 radical (unpaired) electrons. The molecule has 6 heteroatoms. The van der Waals surface area contributed by atoms with Gasteiger partial charge in [0.2, 0.25) is 5.13 Å². The van der Waals surface area contributed by atoms with Gasteiger partial charge in [0.25, 0.3) is 0 Å². The molecule has 150 valence electrons. The van der Waals surface area contributed by atoms with Gasteiger partial charge in [0.1, 0.15) is 6.61 Å². The first-order chi connectivity index (χ1) is 14.2. The number of benzene rings is 2. The van der Waals surface area contributed by atoms with Gasteiger partial charge < -0.3 is 9.47 Å². The third-order valence-corrected chi connectivity index (χ3v) is 4.69. The number of aromatic nitrogens is 1. The maximum absolute atomic E-state index is 5.80. The van der Waals surface area contributed by atoms with E-state index in [0.29, 0.717) is 19.0 Å². The zero-order valence-electron chi connectivity index (χ0n) is 16.9. The Hall–Kier alpha value is -3.12. The monoisotopic (exact) mass is 407 g/mol. The largest absolute Gasteiger partial charge is 0.490 e. The Kier molecular flexibility index (Phi) is 7.41. The number of thiazole rings is 1. The molecule has 0 aliphatic carbocycles. The van der Waals surface area contributed by atoms with Crippen LogP contribution in [0.3, 0.4) is 0 Å². The summed E-state index contributed by atoms with van der Waals surface area (Å²) < 4.78 is 11.5. The zero-order chi connectivity index (χ0) is 20.5. The fourth-order valence-electron chi connectivity index (χ4n) is 2.52. The Labute approximate surface area is 175 Å². The smallest absolute Gasteiger partial charge is 0.203 e. The maximum Gasteiger partial charge on any atom is 0.203 e. The summed E-state index contributed by atoms with van der Waals surface area (Å²) in [5.41, 5.74) is 7.15. The molecule has 0 spiro atoms. The number of hydrogen-bond donors (Lipinski definition) is 1. The van der Waals surface area contributed by atoms with Crippen molar-refractivity contribution in [1.29, 1.82) is 0 Å². The van der Waals surface area contributed by atoms with E-state index in [4.69, 9.17) is 9.47 Å². The normalized spacial score (nSPS) is 10.7. The van der Waals surface area contributed by atoms with Gasteiger partial charge in [0.15, 0.2) is 11.5 Å². The van der Waals surface area contributed by atoms with Crippen molar-refractivity contribution in [3.63, 3.8) is 0 Å². The lowest BCUT2D eigenvalue weighted by atomic mass is 10.2. The molecule has 0 unspecified atom stereocenters. The van der Waals surface area contributed by atoms with Gasteiger partial charge in [0.05, 0.1) is 18.5 Å². The first kappa shape index (κ1) is 20.6. The number of nitrogens with zero attached hydrogens (tertiary/aromatic N) is 2. The van der Waals surface area contributed by atoms with Crippen LogP contribution in [0.25, 0.3) is 11.3 Å². The minimum Gasteiger partial charge on any atom is -0.490 e. The van der Waals surface area contributed by atoms with E-state index >= 15 is 0 Å². The molecule has 0 amide bonds. The van der Waals surface area contributed by atoms with Crippen LogP contribution in [0.4, 0.5) is 5.13 Å². The average molecular weight is 408 g/mol. The lowest BCUT2D eigenvalue weighted by molar-refractivity contribution is 0.296. The van der Waals surface area contributed by atoms with Crippen LogP contribution < -0.4 is 14.9 Å². The average Bonchev–Trinajstić information content (AvgIpc) is 3.19. The Morgan fingerprint density at radius 3 is 2.69 bits per heavy atom. The molecule has 1 aromatic heterocycles. The number of hydrazone groups is 1. The van der Waals surface area contributed by atoms with E-state index in [-0.39, 0.29) is 0 Å². The molecular weight excluding hydrogens is 382 g/mol. The molecule has 0 saturated heterocycles. The molecule has 0 atom stereocenters. The van der Waals surface area contributed by atoms with Crippen LogP contribution in [-0.2, 0) is 0 Å². The first-order valence-corrected chi connectivity index (χ1v) is 10.4. The van der Waals surface area contributed by atoms with Crippen molar-refractivity contribution in [3.8, 4) is 22.8 Å². The number of nitrogens with one attached hydrogen (secondary N) is 1. The summed E-state index contributed by atoms with van der Waals surface area (Å²) in [4.78, 5) is 4.56. The number of allylic oxidation sites excluding steroid dienone is 1. The fraction of sp³-hybridized carbons (Fsp3) is 0.217. The molecule has 0 saturated carbocycles. The molecular formula is C23H25N3O2S. The van der Waals surface area contributed by atoms with Gasteiger partial charge in [-0.15, -0.1) is 11.3 Å². The van der Waals surface area contributed by atoms with E-state index < -0.39 is 0 Å². The second-order valence-electron chi connectivity index (χ2n) is 6.51. The highest BCUT2D eigenvalue weighted by atomic mass is 32.1. The summed E-state index contributed by atoms with van der Waals surface area (Å²) in [6, 6.07) is 15.9. The van der Waals surface area contributed by atoms with Crippen LogP contribution >= 0.6 is 11.3 Å². The minimum atomic E-state index is 0.519. The summed E-state index contributed by atoms with van der Waals surface area (Å²) in [6.07, 6.45) is 3.78. The summed E-state index contributed by atoms with van der Waals surface area (Å²) in [5.74, 6) is 1.43. The van der Waals surface area contributed by atoms with Crippen LogP contribution in [0.2, 0.25) is 0 Å². The van der Waals surface area contributed by atoms with Crippen molar-refractivity contribution in [2.24, 2.45) is 5.10 Å². The van der Waals surface area contributed by atoms with Crippen molar-refractivity contribution in [2.75, 3.05) is 18.6 Å². The van der Waals surface area contributed by atoms with Crippen LogP contribution in [0.5, 0.6) is 11.5 Å². The summed E-state index contributed by atoms with van der Waals surface area (Å²) in [6.45, 7) is 7.13. The maximum atomic E-state index is 5.80. The molecule has 3 aromatic rings. The van der Waals surface area contributed by atoms with Crippen LogP contribution in [0.15, 0.2) is 70.7 Å². The van der Waals surface area contributed by atoms with E-state index in [1.807, 2.05) is 80.8 Å². The SMILES string of the molecule is CCOc1cc(C=NNc2nc(-c3ccccc3)cs2)ccc1OCC=C(C)C. The molecule has 1 N–H and O–H groups in total. The van der Waals surface area contributed by atoms with Crippen LogP contribution in [-0.4, -0.2) is 24.4 Å². The van der Waals surface area contributed by atoms with Gasteiger partial charge in [-0.3, -0.25) is 5.43 Å². The Morgan fingerprint density at radius 1 is 1.10 bits per heavy atom. The highest BCUT2D eigenvalue weighted by molar-refractivity contribution is 7.14. The van der Waals surface area contributed by atoms with Crippen molar-refractivity contribution < 1.29 is 9.47 Å². The van der Waals surface area contributed by atoms with Gasteiger partial charge in [0, 0.05) is 10.9 Å². The minimum absolute atomic E-state index is 0.519. The standard InChI is InChI=1S/C23H25N3O2S/c1-4-27-22-14-18(10-11-21(22)28-13-12-17(2)3)15-24-26-23-25-20(16-29-23)19-8-6-5-7-9-19/h5-12,14-16H,4,13H2,1-3H3,(H,25,26). The van der Waals surface area contributed by atoms with Crippen LogP contribution in [0.1, 0.15) is 26.3 Å². The molecule has 0 bridgehead atoms. The molecule has 3 rings (SSSR count). The molecule has 5 nitrogen and oxygen atoms in total. The second kappa shape index (κ2) is 10.4. The molecule has 2 aromatic carbocycles. The predicted octanol–water partition coefficient (Wildman–Crippen LogP) is 6.00. The lowest BCUT2D eigenvalue weighted by Crippen LogP contribution is -2.00. The number of rotatable bonds is 9. The summed E-state index contributed by atoms with van der Waals surface area (Å²) in [7, 11) is 0. The van der Waals surface area contributed by atoms with Crippen LogP contribution in [0, 0.1) is 0 Å². The molecule has 0 fully saturated rings. The van der Waals surface area contributed by atoms with Gasteiger partial charge >= 0.3 is 0 Å². The molecule has 1 heterocycles. The number of hydrogen-bond acceptors (Lipinski definition) is 6. The van der Waals surface area contributed by atoms with Gasteiger partial charge in [-0.1, -0.05) is 35.9 Å². The molecule has 0 aliphatic rings. The predicted molar refractivity (Wildman–Crippen MR) is 121 cm³/mol. The van der Waals surface area contributed by atoms with Crippen molar-refractivity contribution in [1.82, 2.24) is 4.98 Å². The van der Waals surface area contributed by atoms with E-state index in [1.165, 1.54) is 16.9 Å². The summed E-state index contributed by atoms with van der Waals surface area (Å²) >= 11 is 1.52. The fourth-order valence-corrected chi connectivity index (χ4v) is 3.19. The van der Waals surface area contributed by atoms with Crippen molar-refractivity contribution >= 4 is 22.7 Å². The van der Waals surface area contributed by atoms with E-state index in [0.717, 1.165) is 27.7 Å². The highest BCUT2D eigenvalue weighted by Crippen LogP contribution is 2.28. The number of anilines is 1. The van der Waals surface area contributed by atoms with Gasteiger partial charge in [-0.25, -0.2) is 4.98 Å². The van der Waals surface area contributed by atoms with Crippen molar-refractivity contribution in [3.05, 3.63) is 71.1 Å². The summed E-state index contributed by atoms with van der Waals surface area (Å²) in [5, 5.41) is 7.06. The third-order valence-electron chi connectivity index (χ3n) is 3.95. The molecule has 29 heavy (non-hydrogen) atoms. The van der Waals surface area contributed by atoms with Gasteiger partial charge in [-0.2, -0.15) is 5.10 Å².